The summed E-state index contributed by atoms with van der Waals surface area (Å²) in [6.45, 7) is -0.419. The lowest BCUT2D eigenvalue weighted by Crippen LogP contribution is -2.50. The van der Waals surface area contributed by atoms with Gasteiger partial charge in [0.25, 0.3) is 10.0 Å². The minimum Gasteiger partial charge on any atom is -0.475 e. The lowest BCUT2D eigenvalue weighted by atomic mass is 10.2. The Hall–Kier alpha value is -2.08. The van der Waals surface area contributed by atoms with Gasteiger partial charge in [-0.3, -0.25) is 4.79 Å². The van der Waals surface area contributed by atoms with E-state index in [9.17, 15) is 31.2 Å². The maximum atomic E-state index is 12.6. The summed E-state index contributed by atoms with van der Waals surface area (Å²) in [5.41, 5.74) is 0. The van der Waals surface area contributed by atoms with Crippen molar-refractivity contribution in [2.75, 3.05) is 19.6 Å². The van der Waals surface area contributed by atoms with Gasteiger partial charge in [-0.2, -0.15) is 17.5 Å². The Bertz CT molecular complexity index is 789. The molecule has 146 valence electrons. The number of amides is 1. The van der Waals surface area contributed by atoms with E-state index >= 15 is 0 Å². The number of carbonyl (C=O) groups excluding carboxylic acids is 1. The van der Waals surface area contributed by atoms with E-state index in [-0.39, 0.29) is 25.9 Å². The van der Waals surface area contributed by atoms with E-state index in [0.717, 1.165) is 16.4 Å². The molecule has 1 amide bonds. The third-order valence-corrected chi connectivity index (χ3v) is 5.69. The standard InChI is InChI=1S/C14H17F3N2O6S/c1-2-18(8-14(15,16)17)12(20)9-4-3-7-19(9)26(23,24)11-6-5-10(25-11)13(21)22/h5-6,9H,2-4,7-8H2,1H3,(H,21,22). The molecule has 1 aromatic heterocycles. The maximum absolute atomic E-state index is 12.6. The SMILES string of the molecule is CCN(CC(F)(F)F)C(=O)C1CCCN1S(=O)(=O)c1ccc(C(=O)O)o1. The largest absolute Gasteiger partial charge is 0.475 e. The fourth-order valence-corrected chi connectivity index (χ4v) is 4.30. The number of aromatic carboxylic acids is 1. The van der Waals surface area contributed by atoms with Crippen LogP contribution in [0, 0.1) is 0 Å². The highest BCUT2D eigenvalue weighted by atomic mass is 32.2. The molecule has 0 aliphatic carbocycles. The van der Waals surface area contributed by atoms with Crippen molar-refractivity contribution in [2.45, 2.75) is 37.1 Å². The van der Waals surface area contributed by atoms with Gasteiger partial charge < -0.3 is 14.4 Å². The third-order valence-electron chi connectivity index (χ3n) is 3.91. The Morgan fingerprint density at radius 3 is 2.54 bits per heavy atom. The fourth-order valence-electron chi connectivity index (χ4n) is 2.74. The second-order valence-corrected chi connectivity index (χ2v) is 7.49. The van der Waals surface area contributed by atoms with Crippen LogP contribution in [0.2, 0.25) is 0 Å². The van der Waals surface area contributed by atoms with Gasteiger partial charge in [-0.05, 0) is 31.9 Å². The summed E-state index contributed by atoms with van der Waals surface area (Å²) in [5, 5.41) is 8.14. The summed E-state index contributed by atoms with van der Waals surface area (Å²) in [4.78, 5) is 23.8. The molecule has 12 heteroatoms. The van der Waals surface area contributed by atoms with Gasteiger partial charge in [0.05, 0.1) is 0 Å². The molecule has 1 N–H and O–H groups in total. The molecule has 1 atom stereocenters. The highest BCUT2D eigenvalue weighted by Crippen LogP contribution is 2.29. The first-order valence-electron chi connectivity index (χ1n) is 7.68. The monoisotopic (exact) mass is 398 g/mol. The molecule has 8 nitrogen and oxygen atoms in total. The number of hydrogen-bond acceptors (Lipinski definition) is 5. The number of carbonyl (C=O) groups is 2. The molecule has 0 aromatic carbocycles. The van der Waals surface area contributed by atoms with Crippen LogP contribution >= 0.6 is 0 Å². The number of hydrogen-bond donors (Lipinski definition) is 1. The van der Waals surface area contributed by atoms with Gasteiger partial charge >= 0.3 is 12.1 Å². The average molecular weight is 398 g/mol. The molecule has 1 saturated heterocycles. The van der Waals surface area contributed by atoms with Gasteiger partial charge in [-0.1, -0.05) is 0 Å². The van der Waals surface area contributed by atoms with Crippen LogP contribution in [0.1, 0.15) is 30.3 Å². The third kappa shape index (κ3) is 4.18. The van der Waals surface area contributed by atoms with Crippen molar-refractivity contribution < 1.29 is 40.7 Å². The summed E-state index contributed by atoms with van der Waals surface area (Å²) in [6.07, 6.45) is -4.25. The predicted octanol–water partition coefficient (Wildman–Crippen LogP) is 1.54. The zero-order valence-electron chi connectivity index (χ0n) is 13.7. The van der Waals surface area contributed by atoms with E-state index < -0.39 is 51.5 Å². The first-order valence-corrected chi connectivity index (χ1v) is 9.12. The summed E-state index contributed by atoms with van der Waals surface area (Å²) < 4.78 is 68.7. The molecule has 2 rings (SSSR count). The molecule has 2 heterocycles. The van der Waals surface area contributed by atoms with E-state index in [1.165, 1.54) is 6.92 Å². The smallest absolute Gasteiger partial charge is 0.406 e. The van der Waals surface area contributed by atoms with Crippen LogP contribution in [-0.2, 0) is 14.8 Å². The van der Waals surface area contributed by atoms with Crippen molar-refractivity contribution in [3.8, 4) is 0 Å². The molecular formula is C14H17F3N2O6S. The van der Waals surface area contributed by atoms with Crippen molar-refractivity contribution in [2.24, 2.45) is 0 Å². The van der Waals surface area contributed by atoms with Gasteiger partial charge in [0.2, 0.25) is 16.8 Å². The Morgan fingerprint density at radius 2 is 2.04 bits per heavy atom. The Kier molecular flexibility index (Phi) is 5.66. The van der Waals surface area contributed by atoms with E-state index in [4.69, 9.17) is 9.52 Å². The lowest BCUT2D eigenvalue weighted by Gasteiger charge is -2.29. The average Bonchev–Trinajstić information content (AvgIpc) is 3.20. The number of alkyl halides is 3. The second kappa shape index (κ2) is 7.27. The Labute approximate surface area is 147 Å². The quantitative estimate of drug-likeness (QED) is 0.779. The highest BCUT2D eigenvalue weighted by Gasteiger charge is 2.44. The normalized spacial score (nSPS) is 18.8. The Morgan fingerprint density at radius 1 is 1.38 bits per heavy atom. The van der Waals surface area contributed by atoms with Crippen LogP contribution in [0.25, 0.3) is 0 Å². The highest BCUT2D eigenvalue weighted by molar-refractivity contribution is 7.89. The van der Waals surface area contributed by atoms with Gasteiger partial charge in [-0.15, -0.1) is 0 Å². The minimum atomic E-state index is -4.61. The maximum Gasteiger partial charge on any atom is 0.406 e. The van der Waals surface area contributed by atoms with Crippen LogP contribution in [-0.4, -0.2) is 66.5 Å². The molecule has 1 aliphatic heterocycles. The number of furan rings is 1. The number of carboxylic acid groups (broad SMARTS) is 1. The zero-order valence-corrected chi connectivity index (χ0v) is 14.5. The first-order chi connectivity index (χ1) is 12.0. The summed E-state index contributed by atoms with van der Waals surface area (Å²) in [6, 6.07) is 0.594. The lowest BCUT2D eigenvalue weighted by molar-refractivity contribution is -0.162. The molecule has 0 spiro atoms. The Balaban J connectivity index is 2.27. The van der Waals surface area contributed by atoms with Gasteiger partial charge in [-0.25, -0.2) is 13.2 Å². The molecule has 1 fully saturated rings. The summed E-state index contributed by atoms with van der Waals surface area (Å²) in [7, 11) is -4.36. The first kappa shape index (κ1) is 20.2. The fraction of sp³-hybridized carbons (Fsp3) is 0.571. The summed E-state index contributed by atoms with van der Waals surface area (Å²) >= 11 is 0. The topological polar surface area (TPSA) is 108 Å². The van der Waals surface area contributed by atoms with E-state index in [1.807, 2.05) is 0 Å². The molecule has 26 heavy (non-hydrogen) atoms. The van der Waals surface area contributed by atoms with Crippen molar-refractivity contribution in [1.82, 2.24) is 9.21 Å². The molecule has 0 radical (unpaired) electrons. The molecule has 1 aromatic rings. The van der Waals surface area contributed by atoms with Crippen LogP contribution < -0.4 is 0 Å². The predicted molar refractivity (Wildman–Crippen MR) is 80.9 cm³/mol. The van der Waals surface area contributed by atoms with E-state index in [2.05, 4.69) is 0 Å². The van der Waals surface area contributed by atoms with Crippen molar-refractivity contribution in [3.63, 3.8) is 0 Å². The number of likely N-dealkylation sites (N-methyl/N-ethyl adjacent to an activating group) is 1. The number of halogens is 3. The van der Waals surface area contributed by atoms with Crippen molar-refractivity contribution in [3.05, 3.63) is 17.9 Å². The van der Waals surface area contributed by atoms with E-state index in [0.29, 0.717) is 4.90 Å². The van der Waals surface area contributed by atoms with Gasteiger partial charge in [0.1, 0.15) is 12.6 Å². The van der Waals surface area contributed by atoms with Crippen LogP contribution in [0.3, 0.4) is 0 Å². The number of carboxylic acids is 1. The summed E-state index contributed by atoms with van der Waals surface area (Å²) in [5.74, 6) is -3.02. The molecule has 1 unspecified atom stereocenters. The molecule has 0 saturated carbocycles. The number of nitrogens with zero attached hydrogens (tertiary/aromatic N) is 2. The molecule has 0 bridgehead atoms. The second-order valence-electron chi connectivity index (χ2n) is 5.67. The molecule has 1 aliphatic rings. The van der Waals surface area contributed by atoms with Crippen LogP contribution in [0.5, 0.6) is 0 Å². The zero-order chi connectivity index (χ0) is 19.7. The van der Waals surface area contributed by atoms with Crippen molar-refractivity contribution in [1.29, 1.82) is 0 Å². The van der Waals surface area contributed by atoms with Gasteiger partial charge in [0.15, 0.2) is 0 Å². The molecular weight excluding hydrogens is 381 g/mol. The van der Waals surface area contributed by atoms with Crippen LogP contribution in [0.4, 0.5) is 13.2 Å². The minimum absolute atomic E-state index is 0.0684. The van der Waals surface area contributed by atoms with E-state index in [1.54, 1.807) is 0 Å². The van der Waals surface area contributed by atoms with Gasteiger partial charge in [0, 0.05) is 13.1 Å². The number of rotatable bonds is 6. The van der Waals surface area contributed by atoms with Crippen molar-refractivity contribution >= 4 is 21.9 Å². The van der Waals surface area contributed by atoms with Crippen LogP contribution in [0.15, 0.2) is 21.6 Å². The number of sulfonamides is 1.